The molecule has 0 aliphatic carbocycles. The Morgan fingerprint density at radius 1 is 1.41 bits per heavy atom. The largest absolute Gasteiger partial charge is 0.494 e. The minimum Gasteiger partial charge on any atom is -0.494 e. The summed E-state index contributed by atoms with van der Waals surface area (Å²) in [6.45, 7) is 4.71. The molecule has 1 saturated heterocycles. The zero-order valence-electron chi connectivity index (χ0n) is 10.3. The Hall–Kier alpha value is -0.870. The molecule has 1 aromatic rings. The predicted molar refractivity (Wildman–Crippen MR) is 70.8 cm³/mol. The summed E-state index contributed by atoms with van der Waals surface area (Å²) in [5.74, 6) is 2.32. The maximum atomic E-state index is 11.8. The van der Waals surface area contributed by atoms with Gasteiger partial charge >= 0.3 is 0 Å². The Morgan fingerprint density at radius 3 is 2.88 bits per heavy atom. The summed E-state index contributed by atoms with van der Waals surface area (Å²) in [5, 5.41) is 3.49. The van der Waals surface area contributed by atoms with Gasteiger partial charge in [0, 0.05) is 40.0 Å². The first-order valence-electron chi connectivity index (χ1n) is 6.03. The van der Waals surface area contributed by atoms with Crippen molar-refractivity contribution in [1.82, 2.24) is 5.32 Å². The summed E-state index contributed by atoms with van der Waals surface area (Å²) in [6.07, 6.45) is 0. The molecule has 1 fully saturated rings. The first-order valence-corrected chi connectivity index (χ1v) is 7.52. The van der Waals surface area contributed by atoms with Crippen molar-refractivity contribution >= 4 is 10.8 Å². The van der Waals surface area contributed by atoms with Gasteiger partial charge in [-0.15, -0.1) is 0 Å². The van der Waals surface area contributed by atoms with E-state index >= 15 is 0 Å². The molecule has 3 atom stereocenters. The first kappa shape index (κ1) is 12.6. The fraction of sp³-hybridized carbons (Fsp3) is 0.538. The molecule has 0 aromatic heterocycles. The lowest BCUT2D eigenvalue weighted by atomic mass is 10.1. The van der Waals surface area contributed by atoms with Gasteiger partial charge in [-0.05, 0) is 19.9 Å². The molecule has 3 nitrogen and oxygen atoms in total. The van der Waals surface area contributed by atoms with E-state index in [1.807, 2.05) is 25.1 Å². The van der Waals surface area contributed by atoms with E-state index in [4.69, 9.17) is 4.74 Å². The number of hydrogen-bond donors (Lipinski definition) is 1. The van der Waals surface area contributed by atoms with Gasteiger partial charge in [-0.3, -0.25) is 4.21 Å². The normalized spacial score (nSPS) is 28.9. The van der Waals surface area contributed by atoms with E-state index in [1.165, 1.54) is 0 Å². The van der Waals surface area contributed by atoms with Crippen LogP contribution in [0.2, 0.25) is 0 Å². The minimum absolute atomic E-state index is 0.141. The van der Waals surface area contributed by atoms with Gasteiger partial charge < -0.3 is 10.1 Å². The molecule has 1 heterocycles. The van der Waals surface area contributed by atoms with Crippen LogP contribution >= 0.6 is 0 Å². The molecule has 3 unspecified atom stereocenters. The summed E-state index contributed by atoms with van der Waals surface area (Å²) >= 11 is 0. The highest BCUT2D eigenvalue weighted by molar-refractivity contribution is 7.85. The van der Waals surface area contributed by atoms with Gasteiger partial charge in [0.2, 0.25) is 0 Å². The van der Waals surface area contributed by atoms with Crippen molar-refractivity contribution in [1.29, 1.82) is 0 Å². The number of nitrogens with one attached hydrogen (secondary N) is 1. The maximum Gasteiger partial charge on any atom is 0.124 e. The van der Waals surface area contributed by atoms with E-state index in [9.17, 15) is 4.21 Å². The number of ether oxygens (including phenoxy) is 1. The summed E-state index contributed by atoms with van der Waals surface area (Å²) in [4.78, 5) is 0. The third-order valence-electron chi connectivity index (χ3n) is 2.87. The summed E-state index contributed by atoms with van der Waals surface area (Å²) in [7, 11) is -0.731. The SMILES string of the molecule is CCOc1ccccc1C1CS(=O)CC(C)N1. The zero-order valence-corrected chi connectivity index (χ0v) is 11.1. The van der Waals surface area contributed by atoms with E-state index in [2.05, 4.69) is 18.3 Å². The molecule has 0 amide bonds. The van der Waals surface area contributed by atoms with Crippen LogP contribution in [-0.2, 0) is 10.8 Å². The molecule has 1 aromatic carbocycles. The van der Waals surface area contributed by atoms with Crippen LogP contribution in [0.3, 0.4) is 0 Å². The van der Waals surface area contributed by atoms with Gasteiger partial charge in [-0.2, -0.15) is 0 Å². The number of hydrogen-bond acceptors (Lipinski definition) is 3. The average molecular weight is 253 g/mol. The van der Waals surface area contributed by atoms with Crippen molar-refractivity contribution in [3.8, 4) is 5.75 Å². The second-order valence-electron chi connectivity index (χ2n) is 4.36. The predicted octanol–water partition coefficient (Wildman–Crippen LogP) is 1.87. The maximum absolute atomic E-state index is 11.8. The molecule has 0 saturated carbocycles. The van der Waals surface area contributed by atoms with Crippen molar-refractivity contribution in [2.24, 2.45) is 0 Å². The van der Waals surface area contributed by atoms with Crippen LogP contribution in [0.4, 0.5) is 0 Å². The van der Waals surface area contributed by atoms with Crippen molar-refractivity contribution in [3.63, 3.8) is 0 Å². The monoisotopic (exact) mass is 253 g/mol. The highest BCUT2D eigenvalue weighted by Gasteiger charge is 2.26. The molecule has 1 N–H and O–H groups in total. The minimum atomic E-state index is -0.731. The molecule has 4 heteroatoms. The van der Waals surface area contributed by atoms with Crippen LogP contribution in [-0.4, -0.2) is 28.4 Å². The summed E-state index contributed by atoms with van der Waals surface area (Å²) in [5.41, 5.74) is 1.12. The zero-order chi connectivity index (χ0) is 12.3. The van der Waals surface area contributed by atoms with E-state index < -0.39 is 10.8 Å². The van der Waals surface area contributed by atoms with Crippen LogP contribution in [0.5, 0.6) is 5.75 Å². The third-order valence-corrected chi connectivity index (χ3v) is 4.45. The Labute approximate surface area is 105 Å². The second-order valence-corrected chi connectivity index (χ2v) is 5.91. The van der Waals surface area contributed by atoms with Gasteiger partial charge in [-0.25, -0.2) is 0 Å². The Balaban J connectivity index is 2.23. The highest BCUT2D eigenvalue weighted by Crippen LogP contribution is 2.28. The van der Waals surface area contributed by atoms with Gasteiger partial charge in [-0.1, -0.05) is 18.2 Å². The van der Waals surface area contributed by atoms with Crippen molar-refractivity contribution < 1.29 is 8.95 Å². The number of benzene rings is 1. The van der Waals surface area contributed by atoms with Crippen LogP contribution in [0.25, 0.3) is 0 Å². The standard InChI is InChI=1S/C13H19NO2S/c1-3-16-13-7-5-4-6-11(13)12-9-17(15)8-10(2)14-12/h4-7,10,12,14H,3,8-9H2,1-2H3. The van der Waals surface area contributed by atoms with Gasteiger partial charge in [0.1, 0.15) is 5.75 Å². The Bertz CT molecular complexity index is 408. The lowest BCUT2D eigenvalue weighted by Gasteiger charge is -2.29. The molecular formula is C13H19NO2S. The van der Waals surface area contributed by atoms with Gasteiger partial charge in [0.15, 0.2) is 0 Å². The molecule has 94 valence electrons. The molecule has 1 aliphatic heterocycles. The lowest BCUT2D eigenvalue weighted by molar-refractivity contribution is 0.331. The fourth-order valence-corrected chi connectivity index (χ4v) is 3.64. The second kappa shape index (κ2) is 5.65. The molecule has 2 rings (SSSR count). The third kappa shape index (κ3) is 3.07. The summed E-state index contributed by atoms with van der Waals surface area (Å²) < 4.78 is 17.4. The molecule has 0 bridgehead atoms. The van der Waals surface area contributed by atoms with Crippen LogP contribution in [0.15, 0.2) is 24.3 Å². The number of rotatable bonds is 3. The lowest BCUT2D eigenvalue weighted by Crippen LogP contribution is -2.43. The van der Waals surface area contributed by atoms with Crippen LogP contribution in [0.1, 0.15) is 25.5 Å². The Kier molecular flexibility index (Phi) is 4.18. The molecule has 0 radical (unpaired) electrons. The molecule has 0 spiro atoms. The van der Waals surface area contributed by atoms with E-state index in [0.29, 0.717) is 18.4 Å². The van der Waals surface area contributed by atoms with E-state index in [-0.39, 0.29) is 6.04 Å². The van der Waals surface area contributed by atoms with E-state index in [0.717, 1.165) is 17.1 Å². The quantitative estimate of drug-likeness (QED) is 0.893. The smallest absolute Gasteiger partial charge is 0.124 e. The molecule has 1 aliphatic rings. The molecule has 17 heavy (non-hydrogen) atoms. The first-order chi connectivity index (χ1) is 8.20. The van der Waals surface area contributed by atoms with Crippen molar-refractivity contribution in [2.75, 3.05) is 18.1 Å². The van der Waals surface area contributed by atoms with Crippen LogP contribution in [0, 0.1) is 0 Å². The average Bonchev–Trinajstić information content (AvgIpc) is 2.29. The highest BCUT2D eigenvalue weighted by atomic mass is 32.2. The van der Waals surface area contributed by atoms with Gasteiger partial charge in [0.25, 0.3) is 0 Å². The van der Waals surface area contributed by atoms with Crippen molar-refractivity contribution in [3.05, 3.63) is 29.8 Å². The topological polar surface area (TPSA) is 38.3 Å². The Morgan fingerprint density at radius 2 is 2.18 bits per heavy atom. The summed E-state index contributed by atoms with van der Waals surface area (Å²) in [6, 6.07) is 8.44. The van der Waals surface area contributed by atoms with Crippen LogP contribution < -0.4 is 10.1 Å². The van der Waals surface area contributed by atoms with E-state index in [1.54, 1.807) is 0 Å². The van der Waals surface area contributed by atoms with Gasteiger partial charge in [0.05, 0.1) is 6.61 Å². The number of para-hydroxylation sites is 1. The molecular weight excluding hydrogens is 234 g/mol. The fourth-order valence-electron chi connectivity index (χ4n) is 2.21. The van der Waals surface area contributed by atoms with Crippen molar-refractivity contribution in [2.45, 2.75) is 25.9 Å².